The van der Waals surface area contributed by atoms with E-state index in [0.29, 0.717) is 12.3 Å². The molecule has 1 aromatic carbocycles. The van der Waals surface area contributed by atoms with Crippen LogP contribution in [0.3, 0.4) is 0 Å². The molecule has 0 bridgehead atoms. The lowest BCUT2D eigenvalue weighted by Gasteiger charge is -2.10. The van der Waals surface area contributed by atoms with Gasteiger partial charge in [-0.25, -0.2) is 4.98 Å². The van der Waals surface area contributed by atoms with E-state index in [9.17, 15) is 4.79 Å². The summed E-state index contributed by atoms with van der Waals surface area (Å²) in [6.45, 7) is 0.679. The monoisotopic (exact) mass is 437 g/mol. The molecular formula is C22H23N5OS2. The maximum Gasteiger partial charge on any atom is 0.230 e. The summed E-state index contributed by atoms with van der Waals surface area (Å²) < 4.78 is 1.93. The molecule has 30 heavy (non-hydrogen) atoms. The first-order valence-electron chi connectivity index (χ1n) is 10.4. The molecule has 1 N–H and O–H groups in total. The number of aromatic nitrogens is 4. The summed E-state index contributed by atoms with van der Waals surface area (Å²) >= 11 is 3.20. The number of hydrogen-bond acceptors (Lipinski definition) is 6. The average Bonchev–Trinajstić information content (AvgIpc) is 3.36. The number of rotatable bonds is 7. The average molecular weight is 438 g/mol. The van der Waals surface area contributed by atoms with Crippen molar-refractivity contribution in [1.82, 2.24) is 24.9 Å². The molecule has 1 amide bonds. The van der Waals surface area contributed by atoms with Gasteiger partial charge in [0.1, 0.15) is 11.2 Å². The molecule has 0 radical (unpaired) electrons. The van der Waals surface area contributed by atoms with Crippen molar-refractivity contribution in [1.29, 1.82) is 0 Å². The van der Waals surface area contributed by atoms with Gasteiger partial charge < -0.3 is 5.32 Å². The van der Waals surface area contributed by atoms with Crippen molar-refractivity contribution < 1.29 is 4.79 Å². The second kappa shape index (κ2) is 8.73. The van der Waals surface area contributed by atoms with E-state index in [2.05, 4.69) is 32.6 Å². The van der Waals surface area contributed by atoms with E-state index in [4.69, 9.17) is 0 Å². The summed E-state index contributed by atoms with van der Waals surface area (Å²) in [5.41, 5.74) is 3.56. The first-order valence-corrected chi connectivity index (χ1v) is 12.2. The van der Waals surface area contributed by atoms with Crippen LogP contribution in [0.15, 0.2) is 41.8 Å². The Morgan fingerprint density at radius 2 is 2.03 bits per heavy atom. The molecule has 6 nitrogen and oxygen atoms in total. The summed E-state index contributed by atoms with van der Waals surface area (Å²) in [7, 11) is 0. The predicted molar refractivity (Wildman–Crippen MR) is 121 cm³/mol. The molecule has 0 saturated carbocycles. The maximum atomic E-state index is 12.2. The van der Waals surface area contributed by atoms with E-state index < -0.39 is 0 Å². The third-order valence-electron chi connectivity index (χ3n) is 5.47. The number of fused-ring (bicyclic) bond motifs is 5. The van der Waals surface area contributed by atoms with Crippen LogP contribution in [-0.4, -0.2) is 37.8 Å². The highest BCUT2D eigenvalue weighted by Crippen LogP contribution is 2.37. The zero-order chi connectivity index (χ0) is 20.3. The summed E-state index contributed by atoms with van der Waals surface area (Å²) in [6.07, 6.45) is 8.40. The number of carbonyl (C=O) groups excluding carboxylic acids is 1. The van der Waals surface area contributed by atoms with Crippen LogP contribution in [0.25, 0.3) is 15.9 Å². The molecular weight excluding hydrogens is 414 g/mol. The Balaban J connectivity index is 1.21. The Morgan fingerprint density at radius 3 is 2.93 bits per heavy atom. The number of thioether (sulfide) groups is 1. The number of nitrogens with one attached hydrogen (secondary N) is 1. The van der Waals surface area contributed by atoms with Crippen molar-refractivity contribution in [3.05, 3.63) is 52.7 Å². The Kier molecular flexibility index (Phi) is 5.68. The van der Waals surface area contributed by atoms with Gasteiger partial charge in [0, 0.05) is 11.4 Å². The molecule has 5 rings (SSSR count). The van der Waals surface area contributed by atoms with E-state index in [1.807, 2.05) is 22.6 Å². The van der Waals surface area contributed by atoms with Crippen molar-refractivity contribution in [2.45, 2.75) is 43.7 Å². The Labute approximate surface area is 183 Å². The van der Waals surface area contributed by atoms with Crippen molar-refractivity contribution in [3.8, 4) is 0 Å². The van der Waals surface area contributed by atoms with E-state index in [0.717, 1.165) is 46.7 Å². The summed E-state index contributed by atoms with van der Waals surface area (Å²) in [5.74, 6) is 0.345. The molecule has 154 valence electrons. The fourth-order valence-corrected chi connectivity index (χ4v) is 5.94. The van der Waals surface area contributed by atoms with Gasteiger partial charge in [-0.3, -0.25) is 9.20 Å². The SMILES string of the molecule is O=C(CSc1nnc2c3c4c(sc3ncn12)CCCC4)NCCCc1ccccc1. The van der Waals surface area contributed by atoms with Crippen LogP contribution in [0.5, 0.6) is 0 Å². The fourth-order valence-electron chi connectivity index (χ4n) is 3.98. The molecule has 1 aliphatic rings. The minimum atomic E-state index is 0.0201. The zero-order valence-electron chi connectivity index (χ0n) is 16.6. The molecule has 0 spiro atoms. The number of hydrogen-bond donors (Lipinski definition) is 1. The molecule has 8 heteroatoms. The van der Waals surface area contributed by atoms with Crippen LogP contribution >= 0.6 is 23.1 Å². The smallest absolute Gasteiger partial charge is 0.230 e. The second-order valence-electron chi connectivity index (χ2n) is 7.54. The van der Waals surface area contributed by atoms with Crippen molar-refractivity contribution in [2.24, 2.45) is 0 Å². The van der Waals surface area contributed by atoms with Gasteiger partial charge in [0.2, 0.25) is 5.91 Å². The standard InChI is InChI=1S/C22H23N5OS2/c28-18(23-12-6-9-15-7-2-1-3-8-15)13-29-22-26-25-20-19-16-10-4-5-11-17(16)30-21(19)24-14-27(20)22/h1-3,7-8,14H,4-6,9-13H2,(H,23,28). The molecule has 3 heterocycles. The highest BCUT2D eigenvalue weighted by Gasteiger charge is 2.21. The van der Waals surface area contributed by atoms with Crippen molar-refractivity contribution in [3.63, 3.8) is 0 Å². The number of thiophene rings is 1. The largest absolute Gasteiger partial charge is 0.355 e. The zero-order valence-corrected chi connectivity index (χ0v) is 18.3. The summed E-state index contributed by atoms with van der Waals surface area (Å²) in [6, 6.07) is 10.3. The lowest BCUT2D eigenvalue weighted by molar-refractivity contribution is -0.118. The maximum absolute atomic E-state index is 12.2. The molecule has 3 aromatic heterocycles. The predicted octanol–water partition coefficient (Wildman–Crippen LogP) is 4.06. The lowest BCUT2D eigenvalue weighted by Crippen LogP contribution is -2.26. The van der Waals surface area contributed by atoms with Crippen LogP contribution < -0.4 is 5.32 Å². The van der Waals surface area contributed by atoms with Crippen LogP contribution in [-0.2, 0) is 24.1 Å². The lowest BCUT2D eigenvalue weighted by atomic mass is 9.97. The van der Waals surface area contributed by atoms with Gasteiger partial charge in [-0.05, 0) is 49.7 Å². The topological polar surface area (TPSA) is 72.2 Å². The summed E-state index contributed by atoms with van der Waals surface area (Å²) in [4.78, 5) is 19.4. The number of amides is 1. The molecule has 0 unspecified atom stereocenters. The van der Waals surface area contributed by atoms with Gasteiger partial charge in [-0.1, -0.05) is 42.1 Å². The summed E-state index contributed by atoms with van der Waals surface area (Å²) in [5, 5.41) is 13.7. The Hall–Kier alpha value is -2.45. The fraction of sp³-hybridized carbons (Fsp3) is 0.364. The van der Waals surface area contributed by atoms with E-state index >= 15 is 0 Å². The van der Waals surface area contributed by atoms with Gasteiger partial charge in [-0.15, -0.1) is 21.5 Å². The molecule has 4 aromatic rings. The quantitative estimate of drug-likeness (QED) is 0.349. The minimum absolute atomic E-state index is 0.0201. The normalized spacial score (nSPS) is 13.6. The first-order chi connectivity index (χ1) is 14.8. The highest BCUT2D eigenvalue weighted by molar-refractivity contribution is 7.99. The van der Waals surface area contributed by atoms with Crippen molar-refractivity contribution in [2.75, 3.05) is 12.3 Å². The van der Waals surface area contributed by atoms with E-state index in [1.54, 1.807) is 17.7 Å². The number of carbonyl (C=O) groups is 1. The molecule has 0 atom stereocenters. The highest BCUT2D eigenvalue weighted by atomic mass is 32.2. The van der Waals surface area contributed by atoms with Crippen LogP contribution in [0, 0.1) is 0 Å². The van der Waals surface area contributed by atoms with Crippen LogP contribution in [0.1, 0.15) is 35.3 Å². The van der Waals surface area contributed by atoms with Gasteiger partial charge in [-0.2, -0.15) is 0 Å². The number of benzene rings is 1. The van der Waals surface area contributed by atoms with E-state index in [-0.39, 0.29) is 5.91 Å². The second-order valence-corrected chi connectivity index (χ2v) is 9.57. The number of aryl methyl sites for hydroxylation is 3. The minimum Gasteiger partial charge on any atom is -0.355 e. The third-order valence-corrected chi connectivity index (χ3v) is 7.61. The van der Waals surface area contributed by atoms with Gasteiger partial charge in [0.25, 0.3) is 0 Å². The Bertz CT molecular complexity index is 1180. The van der Waals surface area contributed by atoms with E-state index in [1.165, 1.54) is 40.6 Å². The molecule has 0 saturated heterocycles. The number of nitrogens with zero attached hydrogens (tertiary/aromatic N) is 4. The molecule has 0 aliphatic heterocycles. The van der Waals surface area contributed by atoms with Crippen molar-refractivity contribution >= 4 is 44.9 Å². The molecule has 1 aliphatic carbocycles. The third kappa shape index (κ3) is 3.94. The van der Waals surface area contributed by atoms with Gasteiger partial charge >= 0.3 is 0 Å². The van der Waals surface area contributed by atoms with Gasteiger partial charge in [0.05, 0.1) is 11.1 Å². The molecule has 0 fully saturated rings. The Morgan fingerprint density at radius 1 is 1.17 bits per heavy atom. The van der Waals surface area contributed by atoms with Gasteiger partial charge in [0.15, 0.2) is 10.8 Å². The van der Waals surface area contributed by atoms with Crippen LogP contribution in [0.2, 0.25) is 0 Å². The first kappa shape index (κ1) is 19.5. The van der Waals surface area contributed by atoms with Crippen LogP contribution in [0.4, 0.5) is 0 Å².